The molecule has 8 heteroatoms. The van der Waals surface area contributed by atoms with Gasteiger partial charge in [-0.15, -0.1) is 29.3 Å². The molecular formula is C25H23N3O3S2. The minimum absolute atomic E-state index is 0.0229. The highest BCUT2D eigenvalue weighted by molar-refractivity contribution is 7.22. The van der Waals surface area contributed by atoms with Crippen LogP contribution in [0.1, 0.15) is 37.9 Å². The Balaban J connectivity index is 1.60. The summed E-state index contributed by atoms with van der Waals surface area (Å²) in [6, 6.07) is 12.6. The Labute approximate surface area is 200 Å². The van der Waals surface area contributed by atoms with Gasteiger partial charge in [0.25, 0.3) is 11.8 Å². The van der Waals surface area contributed by atoms with E-state index in [2.05, 4.69) is 11.9 Å². The zero-order valence-corrected chi connectivity index (χ0v) is 19.7. The molecule has 0 saturated carbocycles. The van der Waals surface area contributed by atoms with Crippen LogP contribution in [0.3, 0.4) is 0 Å². The highest BCUT2D eigenvalue weighted by Crippen LogP contribution is 2.45. The van der Waals surface area contributed by atoms with Gasteiger partial charge in [-0.25, -0.2) is 0 Å². The van der Waals surface area contributed by atoms with E-state index in [0.717, 1.165) is 15.3 Å². The molecule has 0 saturated heterocycles. The van der Waals surface area contributed by atoms with Crippen LogP contribution in [0.25, 0.3) is 9.75 Å². The summed E-state index contributed by atoms with van der Waals surface area (Å²) in [7, 11) is 1.59. The van der Waals surface area contributed by atoms with Crippen molar-refractivity contribution in [1.29, 1.82) is 0 Å². The number of nitrogens with zero attached hydrogens (tertiary/aromatic N) is 2. The second-order valence-electron chi connectivity index (χ2n) is 8.12. The van der Waals surface area contributed by atoms with Crippen molar-refractivity contribution in [3.63, 3.8) is 0 Å². The molecule has 3 aromatic rings. The molecule has 2 aliphatic rings. The number of carbonyl (C=O) groups is 3. The van der Waals surface area contributed by atoms with Gasteiger partial charge in [-0.1, -0.05) is 18.2 Å². The first-order chi connectivity index (χ1) is 16.0. The Morgan fingerprint density at radius 2 is 2.03 bits per heavy atom. The van der Waals surface area contributed by atoms with Crippen LogP contribution < -0.4 is 10.2 Å². The molecule has 6 nitrogen and oxygen atoms in total. The van der Waals surface area contributed by atoms with Crippen molar-refractivity contribution in [2.45, 2.75) is 18.4 Å². The maximum absolute atomic E-state index is 13.8. The largest absolute Gasteiger partial charge is 0.357 e. The fraction of sp³-hybridized carbons (Fsp3) is 0.240. The van der Waals surface area contributed by atoms with Gasteiger partial charge in [-0.05, 0) is 47.7 Å². The standard InChI is InChI=1S/C25H23N3O3S2/c1-3-11-27-14-15-13-18(23(29)26-2)28(17-7-4-6-16(22(15)17)24(27)30)25(31)21-10-9-20(33-21)19-8-5-12-32-19/h3-10,12,15,18H,1,11,13-14H2,2H3,(H,26,29)/t15-,18-/m0/s1. The summed E-state index contributed by atoms with van der Waals surface area (Å²) < 4.78 is 0. The summed E-state index contributed by atoms with van der Waals surface area (Å²) in [6.45, 7) is 4.72. The number of hydrogen-bond acceptors (Lipinski definition) is 5. The molecule has 5 rings (SSSR count). The summed E-state index contributed by atoms with van der Waals surface area (Å²) in [5, 5.41) is 4.73. The van der Waals surface area contributed by atoms with Gasteiger partial charge in [-0.3, -0.25) is 19.3 Å². The minimum atomic E-state index is -0.652. The number of hydrogen-bond donors (Lipinski definition) is 1. The Hall–Kier alpha value is -3.23. The topological polar surface area (TPSA) is 69.7 Å². The Bertz CT molecular complexity index is 1250. The third-order valence-electron chi connectivity index (χ3n) is 6.23. The summed E-state index contributed by atoms with van der Waals surface area (Å²) in [4.78, 5) is 45.9. The highest BCUT2D eigenvalue weighted by atomic mass is 32.1. The average molecular weight is 478 g/mol. The lowest BCUT2D eigenvalue weighted by atomic mass is 9.79. The molecule has 2 atom stereocenters. The highest BCUT2D eigenvalue weighted by Gasteiger charge is 2.44. The molecule has 1 N–H and O–H groups in total. The summed E-state index contributed by atoms with van der Waals surface area (Å²) in [5.41, 5.74) is 2.12. The van der Waals surface area contributed by atoms with Crippen LogP contribution in [0.5, 0.6) is 0 Å². The fourth-order valence-electron chi connectivity index (χ4n) is 4.80. The van der Waals surface area contributed by atoms with E-state index in [1.807, 2.05) is 41.8 Å². The van der Waals surface area contributed by atoms with Crippen molar-refractivity contribution in [1.82, 2.24) is 10.2 Å². The second-order valence-corrected chi connectivity index (χ2v) is 10.1. The van der Waals surface area contributed by atoms with Gasteiger partial charge in [0, 0.05) is 47.1 Å². The molecule has 0 unspecified atom stereocenters. The molecule has 2 aromatic heterocycles. The number of rotatable bonds is 5. The van der Waals surface area contributed by atoms with Crippen molar-refractivity contribution in [2.24, 2.45) is 0 Å². The third-order valence-corrected chi connectivity index (χ3v) is 8.37. The molecule has 0 bridgehead atoms. The van der Waals surface area contributed by atoms with E-state index in [4.69, 9.17) is 0 Å². The monoisotopic (exact) mass is 477 g/mol. The van der Waals surface area contributed by atoms with E-state index < -0.39 is 6.04 Å². The molecule has 3 amide bonds. The number of nitrogens with one attached hydrogen (secondary N) is 1. The predicted molar refractivity (Wildman–Crippen MR) is 132 cm³/mol. The molecule has 168 valence electrons. The molecule has 1 aromatic carbocycles. The first kappa shape index (κ1) is 21.6. The van der Waals surface area contributed by atoms with Crippen LogP contribution in [0.2, 0.25) is 0 Å². The Kier molecular flexibility index (Phi) is 5.64. The maximum atomic E-state index is 13.8. The number of amides is 3. The molecule has 0 aliphatic carbocycles. The van der Waals surface area contributed by atoms with Gasteiger partial charge in [-0.2, -0.15) is 0 Å². The lowest BCUT2D eigenvalue weighted by Gasteiger charge is -2.44. The van der Waals surface area contributed by atoms with Gasteiger partial charge in [0.15, 0.2) is 0 Å². The van der Waals surface area contributed by atoms with Gasteiger partial charge in [0.05, 0.1) is 4.88 Å². The van der Waals surface area contributed by atoms with E-state index in [0.29, 0.717) is 35.6 Å². The van der Waals surface area contributed by atoms with E-state index in [-0.39, 0.29) is 23.6 Å². The average Bonchev–Trinajstić information content (AvgIpc) is 3.53. The van der Waals surface area contributed by atoms with Crippen LogP contribution in [-0.4, -0.2) is 48.8 Å². The van der Waals surface area contributed by atoms with Crippen LogP contribution in [0.4, 0.5) is 5.69 Å². The minimum Gasteiger partial charge on any atom is -0.357 e. The number of carbonyl (C=O) groups excluding carboxylic acids is 3. The van der Waals surface area contributed by atoms with E-state index in [1.165, 1.54) is 11.3 Å². The fourth-order valence-corrected chi connectivity index (χ4v) is 6.58. The second kappa shape index (κ2) is 8.61. The van der Waals surface area contributed by atoms with Crippen LogP contribution >= 0.6 is 22.7 Å². The number of likely N-dealkylation sites (N-methyl/N-ethyl adjacent to an activating group) is 1. The van der Waals surface area contributed by atoms with Crippen LogP contribution in [0.15, 0.2) is 60.5 Å². The maximum Gasteiger partial charge on any atom is 0.269 e. The normalized spacial score (nSPS) is 19.2. The van der Waals surface area contributed by atoms with E-state index in [1.54, 1.807) is 40.3 Å². The first-order valence-electron chi connectivity index (χ1n) is 10.8. The number of benzene rings is 1. The van der Waals surface area contributed by atoms with E-state index in [9.17, 15) is 14.4 Å². The molecule has 0 radical (unpaired) electrons. The SMILES string of the molecule is C=CCN1C[C@@H]2C[C@@H](C(=O)NC)N(C(=O)c3ccc(-c4cccs4)s3)c3cccc(c32)C1=O. The molecule has 4 heterocycles. The van der Waals surface area contributed by atoms with Crippen molar-refractivity contribution in [3.8, 4) is 9.75 Å². The molecule has 33 heavy (non-hydrogen) atoms. The molecular weight excluding hydrogens is 454 g/mol. The van der Waals surface area contributed by atoms with Crippen molar-refractivity contribution in [2.75, 3.05) is 25.0 Å². The smallest absolute Gasteiger partial charge is 0.269 e. The van der Waals surface area contributed by atoms with Crippen LogP contribution in [0, 0.1) is 0 Å². The third kappa shape index (κ3) is 3.59. The molecule has 0 fully saturated rings. The van der Waals surface area contributed by atoms with Crippen molar-refractivity contribution < 1.29 is 14.4 Å². The summed E-state index contributed by atoms with van der Waals surface area (Å²) in [5.74, 6) is -0.513. The predicted octanol–water partition coefficient (Wildman–Crippen LogP) is 4.37. The molecule has 2 aliphatic heterocycles. The van der Waals surface area contributed by atoms with Crippen LogP contribution in [-0.2, 0) is 4.79 Å². The lowest BCUT2D eigenvalue weighted by Crippen LogP contribution is -2.55. The van der Waals surface area contributed by atoms with Gasteiger partial charge in [0.2, 0.25) is 5.91 Å². The zero-order chi connectivity index (χ0) is 23.1. The van der Waals surface area contributed by atoms with Crippen molar-refractivity contribution >= 4 is 46.1 Å². The van der Waals surface area contributed by atoms with Crippen molar-refractivity contribution in [3.05, 3.63) is 76.5 Å². The number of anilines is 1. The zero-order valence-electron chi connectivity index (χ0n) is 18.1. The Morgan fingerprint density at radius 3 is 2.76 bits per heavy atom. The summed E-state index contributed by atoms with van der Waals surface area (Å²) in [6.07, 6.45) is 2.17. The van der Waals surface area contributed by atoms with Gasteiger partial charge >= 0.3 is 0 Å². The quantitative estimate of drug-likeness (QED) is 0.555. The lowest BCUT2D eigenvalue weighted by molar-refractivity contribution is -0.122. The van der Waals surface area contributed by atoms with Gasteiger partial charge in [0.1, 0.15) is 6.04 Å². The summed E-state index contributed by atoms with van der Waals surface area (Å²) >= 11 is 3.05. The van der Waals surface area contributed by atoms with Gasteiger partial charge < -0.3 is 10.2 Å². The Morgan fingerprint density at radius 1 is 1.18 bits per heavy atom. The first-order valence-corrected chi connectivity index (χ1v) is 12.4. The number of thiophene rings is 2. The van der Waals surface area contributed by atoms with E-state index >= 15 is 0 Å². The molecule has 0 spiro atoms.